The van der Waals surface area contributed by atoms with Crippen LogP contribution in [0.2, 0.25) is 0 Å². The molecule has 0 fully saturated rings. The molecule has 1 aromatic carbocycles. The lowest BCUT2D eigenvalue weighted by Crippen LogP contribution is -2.04. The first-order valence-electron chi connectivity index (χ1n) is 5.71. The van der Waals surface area contributed by atoms with Gasteiger partial charge in [-0.15, -0.1) is 11.3 Å². The summed E-state index contributed by atoms with van der Waals surface area (Å²) in [4.78, 5) is 5.17. The molecular formula is C13H14N2OS. The van der Waals surface area contributed by atoms with Crippen molar-refractivity contribution >= 4 is 11.3 Å². The number of rotatable bonds is 3. The van der Waals surface area contributed by atoms with Crippen LogP contribution in [0.3, 0.4) is 0 Å². The summed E-state index contributed by atoms with van der Waals surface area (Å²) in [6, 6.07) is 6.42. The lowest BCUT2D eigenvalue weighted by molar-refractivity contribution is 0.309. The van der Waals surface area contributed by atoms with Gasteiger partial charge in [-0.3, -0.25) is 4.98 Å². The largest absolute Gasteiger partial charge is 0.488 e. The van der Waals surface area contributed by atoms with Gasteiger partial charge in [-0.05, 0) is 36.1 Å². The lowest BCUT2D eigenvalue weighted by atomic mass is 10.1. The van der Waals surface area contributed by atoms with Gasteiger partial charge in [0.05, 0.1) is 10.4 Å². The maximum Gasteiger partial charge on any atom is 0.124 e. The molecule has 0 bridgehead atoms. The second kappa shape index (κ2) is 4.47. The van der Waals surface area contributed by atoms with E-state index in [2.05, 4.69) is 17.1 Å². The van der Waals surface area contributed by atoms with E-state index in [0.717, 1.165) is 23.5 Å². The Bertz CT molecular complexity index is 510. The van der Waals surface area contributed by atoms with Crippen molar-refractivity contribution in [2.24, 2.45) is 5.73 Å². The minimum absolute atomic E-state index is 0.209. The standard InChI is InChI=1S/C13H14N2OS/c14-13-4-1-9-5-10(2-3-12(9)13)16-7-11-6-15-8-17-11/h2-3,5-6,8,13H,1,4,7,14H2/t13-/m1/s1. The molecule has 17 heavy (non-hydrogen) atoms. The van der Waals surface area contributed by atoms with Crippen molar-refractivity contribution in [1.82, 2.24) is 4.98 Å². The summed E-state index contributed by atoms with van der Waals surface area (Å²) in [5.74, 6) is 0.922. The second-order valence-electron chi connectivity index (χ2n) is 4.26. The van der Waals surface area contributed by atoms with Crippen molar-refractivity contribution < 1.29 is 4.74 Å². The van der Waals surface area contributed by atoms with Crippen LogP contribution in [0.4, 0.5) is 0 Å². The van der Waals surface area contributed by atoms with Crippen molar-refractivity contribution in [3.8, 4) is 5.75 Å². The number of nitrogens with two attached hydrogens (primary N) is 1. The van der Waals surface area contributed by atoms with E-state index < -0.39 is 0 Å². The molecule has 1 aromatic heterocycles. The van der Waals surface area contributed by atoms with E-state index >= 15 is 0 Å². The van der Waals surface area contributed by atoms with E-state index in [0.29, 0.717) is 6.61 Å². The van der Waals surface area contributed by atoms with Crippen LogP contribution in [0.1, 0.15) is 28.5 Å². The Morgan fingerprint density at radius 1 is 1.47 bits per heavy atom. The lowest BCUT2D eigenvalue weighted by Gasteiger charge is -2.08. The zero-order valence-electron chi connectivity index (χ0n) is 9.43. The molecule has 1 aliphatic carbocycles. The van der Waals surface area contributed by atoms with Crippen molar-refractivity contribution in [1.29, 1.82) is 0 Å². The molecule has 4 heteroatoms. The molecule has 0 spiro atoms. The average molecular weight is 246 g/mol. The van der Waals surface area contributed by atoms with E-state index in [1.165, 1.54) is 11.1 Å². The molecule has 0 saturated carbocycles. The Hall–Kier alpha value is -1.39. The molecule has 0 aliphatic heterocycles. The third-order valence-corrected chi connectivity index (χ3v) is 3.86. The number of aryl methyl sites for hydroxylation is 1. The fourth-order valence-corrected chi connectivity index (χ4v) is 2.69. The van der Waals surface area contributed by atoms with Crippen molar-refractivity contribution in [2.75, 3.05) is 0 Å². The van der Waals surface area contributed by atoms with Crippen molar-refractivity contribution in [3.05, 3.63) is 45.9 Å². The van der Waals surface area contributed by atoms with E-state index in [4.69, 9.17) is 10.5 Å². The van der Waals surface area contributed by atoms with Gasteiger partial charge in [-0.1, -0.05) is 6.07 Å². The molecule has 1 aliphatic rings. The maximum atomic E-state index is 6.00. The van der Waals surface area contributed by atoms with Gasteiger partial charge in [-0.25, -0.2) is 0 Å². The van der Waals surface area contributed by atoms with Crippen LogP contribution in [-0.4, -0.2) is 4.98 Å². The van der Waals surface area contributed by atoms with E-state index in [9.17, 15) is 0 Å². The highest BCUT2D eigenvalue weighted by molar-refractivity contribution is 7.09. The van der Waals surface area contributed by atoms with E-state index in [1.807, 2.05) is 17.8 Å². The maximum absolute atomic E-state index is 6.00. The van der Waals surface area contributed by atoms with Gasteiger partial charge in [0.1, 0.15) is 12.4 Å². The highest BCUT2D eigenvalue weighted by Crippen LogP contribution is 2.32. The van der Waals surface area contributed by atoms with Gasteiger partial charge < -0.3 is 10.5 Å². The number of benzene rings is 1. The fraction of sp³-hybridized carbons (Fsp3) is 0.308. The summed E-state index contributed by atoms with van der Waals surface area (Å²) in [5, 5.41) is 0. The summed E-state index contributed by atoms with van der Waals surface area (Å²) in [5.41, 5.74) is 10.4. The second-order valence-corrected chi connectivity index (χ2v) is 5.23. The number of hydrogen-bond acceptors (Lipinski definition) is 4. The Morgan fingerprint density at radius 3 is 3.24 bits per heavy atom. The number of aromatic nitrogens is 1. The smallest absolute Gasteiger partial charge is 0.124 e. The molecule has 3 nitrogen and oxygen atoms in total. The quantitative estimate of drug-likeness (QED) is 0.905. The SMILES string of the molecule is N[C@@H]1CCc2cc(OCc3cncs3)ccc21. The van der Waals surface area contributed by atoms with Crippen LogP contribution in [0, 0.1) is 0 Å². The zero-order valence-corrected chi connectivity index (χ0v) is 10.2. The minimum atomic E-state index is 0.209. The van der Waals surface area contributed by atoms with E-state index in [-0.39, 0.29) is 6.04 Å². The summed E-state index contributed by atoms with van der Waals surface area (Å²) in [6.45, 7) is 0.593. The first-order valence-corrected chi connectivity index (χ1v) is 6.59. The van der Waals surface area contributed by atoms with Crippen LogP contribution in [-0.2, 0) is 13.0 Å². The highest BCUT2D eigenvalue weighted by Gasteiger charge is 2.18. The van der Waals surface area contributed by atoms with Gasteiger partial charge in [0.2, 0.25) is 0 Å². The number of ether oxygens (including phenoxy) is 1. The summed E-state index contributed by atoms with van der Waals surface area (Å²) >= 11 is 1.61. The third kappa shape index (κ3) is 2.18. The minimum Gasteiger partial charge on any atom is -0.488 e. The average Bonchev–Trinajstić information content (AvgIpc) is 2.97. The van der Waals surface area contributed by atoms with Gasteiger partial charge in [0, 0.05) is 12.2 Å². The molecule has 1 atom stereocenters. The predicted octanol–water partition coefficient (Wildman–Crippen LogP) is 2.67. The van der Waals surface area contributed by atoms with Gasteiger partial charge in [-0.2, -0.15) is 0 Å². The normalized spacial score (nSPS) is 18.1. The van der Waals surface area contributed by atoms with Crippen molar-refractivity contribution in [3.63, 3.8) is 0 Å². The number of thiazole rings is 1. The Balaban J connectivity index is 1.72. The molecule has 0 saturated heterocycles. The Morgan fingerprint density at radius 2 is 2.41 bits per heavy atom. The summed E-state index contributed by atoms with van der Waals surface area (Å²) in [7, 11) is 0. The molecule has 0 amide bonds. The Labute approximate surface area is 104 Å². The number of fused-ring (bicyclic) bond motifs is 1. The van der Waals surface area contributed by atoms with Crippen LogP contribution in [0.5, 0.6) is 5.75 Å². The summed E-state index contributed by atoms with van der Waals surface area (Å²) in [6.07, 6.45) is 3.95. The zero-order chi connectivity index (χ0) is 11.7. The third-order valence-electron chi connectivity index (χ3n) is 3.10. The predicted molar refractivity (Wildman–Crippen MR) is 68.1 cm³/mol. The molecule has 1 heterocycles. The first kappa shape index (κ1) is 10.7. The first-order chi connectivity index (χ1) is 8.33. The van der Waals surface area contributed by atoms with Crippen molar-refractivity contribution in [2.45, 2.75) is 25.5 Å². The van der Waals surface area contributed by atoms with Gasteiger partial charge in [0.25, 0.3) is 0 Å². The monoisotopic (exact) mass is 246 g/mol. The Kier molecular flexibility index (Phi) is 2.82. The van der Waals surface area contributed by atoms with E-state index in [1.54, 1.807) is 11.3 Å². The topological polar surface area (TPSA) is 48.1 Å². The van der Waals surface area contributed by atoms with Gasteiger partial charge >= 0.3 is 0 Å². The molecule has 0 radical (unpaired) electrons. The van der Waals surface area contributed by atoms with Crippen LogP contribution < -0.4 is 10.5 Å². The molecule has 3 rings (SSSR count). The fourth-order valence-electron chi connectivity index (χ4n) is 2.18. The molecule has 2 aromatic rings. The molecule has 0 unspecified atom stereocenters. The van der Waals surface area contributed by atoms with Crippen LogP contribution >= 0.6 is 11.3 Å². The highest BCUT2D eigenvalue weighted by atomic mass is 32.1. The molecule has 2 N–H and O–H groups in total. The number of nitrogens with zero attached hydrogens (tertiary/aromatic N) is 1. The molecule has 88 valence electrons. The van der Waals surface area contributed by atoms with Gasteiger partial charge in [0.15, 0.2) is 0 Å². The number of hydrogen-bond donors (Lipinski definition) is 1. The molecular weight excluding hydrogens is 232 g/mol. The summed E-state index contributed by atoms with van der Waals surface area (Å²) < 4.78 is 5.74. The van der Waals surface area contributed by atoms with Crippen LogP contribution in [0.15, 0.2) is 29.9 Å². The van der Waals surface area contributed by atoms with Crippen LogP contribution in [0.25, 0.3) is 0 Å².